The average molecular weight is 503 g/mol. The number of carbonyl (C=O) groups is 1. The number of nitrogens with one attached hydrogen (secondary N) is 1. The van der Waals surface area contributed by atoms with E-state index in [0.717, 1.165) is 34.5 Å². The van der Waals surface area contributed by atoms with E-state index in [1.807, 2.05) is 62.3 Å². The van der Waals surface area contributed by atoms with E-state index in [1.165, 1.54) is 18.2 Å². The number of benzene rings is 3. The van der Waals surface area contributed by atoms with Crippen molar-refractivity contribution in [3.63, 3.8) is 0 Å². The molecule has 0 aliphatic heterocycles. The quantitative estimate of drug-likeness (QED) is 0.237. The average Bonchev–Trinajstić information content (AvgIpc) is 2.87. The number of halogens is 3. The number of fused-ring (bicyclic) bond motifs is 1. The Bertz CT molecular complexity index is 1470. The lowest BCUT2D eigenvalue weighted by molar-refractivity contribution is -0.137. The minimum Gasteiger partial charge on any atom is -0.378 e. The molecule has 4 rings (SSSR count). The van der Waals surface area contributed by atoms with Crippen LogP contribution in [0.2, 0.25) is 0 Å². The molecule has 0 aliphatic rings. The topological polar surface area (TPSA) is 58.1 Å². The van der Waals surface area contributed by atoms with Crippen molar-refractivity contribution in [1.82, 2.24) is 10.2 Å². The second-order valence-corrected chi connectivity index (χ2v) is 8.67. The van der Waals surface area contributed by atoms with Gasteiger partial charge in [0.25, 0.3) is 0 Å². The monoisotopic (exact) mass is 502 g/mol. The second-order valence-electron chi connectivity index (χ2n) is 8.67. The molecular weight excluding hydrogens is 477 g/mol. The van der Waals surface area contributed by atoms with Crippen molar-refractivity contribution >= 4 is 33.8 Å². The van der Waals surface area contributed by atoms with Gasteiger partial charge in [0.1, 0.15) is 0 Å². The van der Waals surface area contributed by atoms with E-state index in [1.54, 1.807) is 24.3 Å². The van der Waals surface area contributed by atoms with Gasteiger partial charge < -0.3 is 10.2 Å². The smallest absolute Gasteiger partial charge is 0.378 e. The Morgan fingerprint density at radius 3 is 2.19 bits per heavy atom. The number of amides is 1. The number of alkyl halides is 3. The fourth-order valence-electron chi connectivity index (χ4n) is 3.81. The van der Waals surface area contributed by atoms with Crippen LogP contribution in [0.15, 0.2) is 91.0 Å². The van der Waals surface area contributed by atoms with Gasteiger partial charge in [-0.1, -0.05) is 42.5 Å². The van der Waals surface area contributed by atoms with Gasteiger partial charge in [-0.25, -0.2) is 0 Å². The number of allylic oxidation sites excluding steroid dienone is 2. The van der Waals surface area contributed by atoms with Crippen LogP contribution in [0, 0.1) is 6.92 Å². The van der Waals surface area contributed by atoms with Crippen LogP contribution in [-0.4, -0.2) is 30.2 Å². The Kier molecular flexibility index (Phi) is 7.38. The number of anilines is 2. The zero-order valence-corrected chi connectivity index (χ0v) is 20.5. The third kappa shape index (κ3) is 6.22. The van der Waals surface area contributed by atoms with Crippen molar-refractivity contribution in [1.29, 1.82) is 0 Å². The van der Waals surface area contributed by atoms with E-state index < -0.39 is 11.7 Å². The highest BCUT2D eigenvalue weighted by Gasteiger charge is 2.30. The van der Waals surface area contributed by atoms with Crippen molar-refractivity contribution in [2.45, 2.75) is 13.1 Å². The highest BCUT2D eigenvalue weighted by molar-refractivity contribution is 6.05. The fraction of sp³-hybridized carbons (Fsp3) is 0.138. The van der Waals surface area contributed by atoms with Gasteiger partial charge in [0.15, 0.2) is 0 Å². The summed E-state index contributed by atoms with van der Waals surface area (Å²) < 4.78 is 39.2. The number of hydrogen-bond donors (Lipinski definition) is 1. The van der Waals surface area contributed by atoms with Crippen LogP contribution < -0.4 is 10.2 Å². The molecule has 0 bridgehead atoms. The zero-order valence-electron chi connectivity index (χ0n) is 20.5. The molecule has 8 heteroatoms. The lowest BCUT2D eigenvalue weighted by atomic mass is 9.96. The summed E-state index contributed by atoms with van der Waals surface area (Å²) in [5, 5.41) is 11.8. The molecule has 0 radical (unpaired) electrons. The molecule has 188 valence electrons. The summed E-state index contributed by atoms with van der Waals surface area (Å²) in [7, 11) is 3.85. The predicted molar refractivity (Wildman–Crippen MR) is 141 cm³/mol. The van der Waals surface area contributed by atoms with Crippen molar-refractivity contribution in [3.05, 3.63) is 113 Å². The normalized spacial score (nSPS) is 12.2. The largest absolute Gasteiger partial charge is 0.416 e. The SMILES string of the molecule is Cc1cc2c(NC(=O)/C=C/C=C(/c3ccc(N(C)C)cc3)c3ccc(C(F)(F)F)cc3)cccc2nn1. The molecule has 5 nitrogen and oxygen atoms in total. The molecule has 0 unspecified atom stereocenters. The molecule has 0 saturated carbocycles. The highest BCUT2D eigenvalue weighted by atomic mass is 19.4. The summed E-state index contributed by atoms with van der Waals surface area (Å²) in [5.74, 6) is -0.354. The second kappa shape index (κ2) is 10.7. The van der Waals surface area contributed by atoms with E-state index in [0.29, 0.717) is 22.3 Å². The van der Waals surface area contributed by atoms with Gasteiger partial charge in [-0.15, -0.1) is 0 Å². The molecule has 3 aromatic carbocycles. The predicted octanol–water partition coefficient (Wildman–Crippen LogP) is 6.65. The molecule has 0 spiro atoms. The lowest BCUT2D eigenvalue weighted by Crippen LogP contribution is -2.08. The number of carbonyl (C=O) groups excluding carboxylic acids is 1. The molecule has 0 saturated heterocycles. The maximum Gasteiger partial charge on any atom is 0.416 e. The zero-order chi connectivity index (χ0) is 26.6. The van der Waals surface area contributed by atoms with Gasteiger partial charge >= 0.3 is 6.18 Å². The van der Waals surface area contributed by atoms with E-state index in [4.69, 9.17) is 0 Å². The third-order valence-electron chi connectivity index (χ3n) is 5.74. The van der Waals surface area contributed by atoms with E-state index in [2.05, 4.69) is 15.5 Å². The highest BCUT2D eigenvalue weighted by Crippen LogP contribution is 2.32. The Labute approximate surface area is 213 Å². The van der Waals surface area contributed by atoms with Gasteiger partial charge in [-0.05, 0) is 66.1 Å². The van der Waals surface area contributed by atoms with E-state index in [-0.39, 0.29) is 5.91 Å². The molecule has 1 aromatic heterocycles. The number of hydrogen-bond acceptors (Lipinski definition) is 4. The Morgan fingerprint density at radius 1 is 0.919 bits per heavy atom. The first-order valence-corrected chi connectivity index (χ1v) is 11.5. The van der Waals surface area contributed by atoms with Crippen molar-refractivity contribution < 1.29 is 18.0 Å². The summed E-state index contributed by atoms with van der Waals surface area (Å²) in [6.07, 6.45) is 0.252. The molecular formula is C29H25F3N4O. The number of aromatic nitrogens is 2. The third-order valence-corrected chi connectivity index (χ3v) is 5.74. The van der Waals surface area contributed by atoms with Gasteiger partial charge in [0, 0.05) is 31.2 Å². The first-order chi connectivity index (χ1) is 17.6. The number of nitrogens with zero attached hydrogens (tertiary/aromatic N) is 3. The molecule has 0 atom stereocenters. The minimum atomic E-state index is -4.42. The van der Waals surface area contributed by atoms with Gasteiger partial charge in [-0.2, -0.15) is 23.4 Å². The van der Waals surface area contributed by atoms with Crippen LogP contribution in [0.5, 0.6) is 0 Å². The first-order valence-electron chi connectivity index (χ1n) is 11.5. The number of aryl methyl sites for hydroxylation is 1. The maximum atomic E-state index is 13.1. The van der Waals surface area contributed by atoms with E-state index in [9.17, 15) is 18.0 Å². The molecule has 0 aliphatic carbocycles. The molecule has 1 amide bonds. The van der Waals surface area contributed by atoms with Crippen LogP contribution in [0.25, 0.3) is 16.5 Å². The van der Waals surface area contributed by atoms with Crippen LogP contribution in [0.1, 0.15) is 22.4 Å². The van der Waals surface area contributed by atoms with E-state index >= 15 is 0 Å². The lowest BCUT2D eigenvalue weighted by Gasteiger charge is -2.14. The summed E-state index contributed by atoms with van der Waals surface area (Å²) in [6, 6.07) is 19.8. The standard InChI is InChI=1S/C29H25F3N4O/c1-19-18-25-26(7-5-8-27(25)35-34-19)33-28(37)9-4-6-24(21-12-16-23(17-13-21)36(2)3)20-10-14-22(15-11-20)29(30,31)32/h4-18H,1-3H3,(H,33,37)/b9-4+,24-6+. The summed E-state index contributed by atoms with van der Waals surface area (Å²) >= 11 is 0. The van der Waals surface area contributed by atoms with Gasteiger partial charge in [0.2, 0.25) is 5.91 Å². The molecule has 37 heavy (non-hydrogen) atoms. The maximum absolute atomic E-state index is 13.1. The van der Waals surface area contributed by atoms with Crippen LogP contribution >= 0.6 is 0 Å². The number of rotatable bonds is 6. The summed E-state index contributed by atoms with van der Waals surface area (Å²) in [4.78, 5) is 14.6. The van der Waals surface area contributed by atoms with Crippen molar-refractivity contribution in [2.24, 2.45) is 0 Å². The molecule has 1 heterocycles. The molecule has 1 N–H and O–H groups in total. The summed E-state index contributed by atoms with van der Waals surface area (Å²) in [5.41, 5.74) is 4.35. The molecule has 0 fully saturated rings. The van der Waals surface area contributed by atoms with Crippen LogP contribution in [0.4, 0.5) is 24.5 Å². The Balaban J connectivity index is 1.63. The molecule has 4 aromatic rings. The van der Waals surface area contributed by atoms with Crippen LogP contribution in [0.3, 0.4) is 0 Å². The summed E-state index contributed by atoms with van der Waals surface area (Å²) in [6.45, 7) is 1.82. The Hall–Kier alpha value is -4.46. The fourth-order valence-corrected chi connectivity index (χ4v) is 3.81. The first kappa shape index (κ1) is 25.6. The van der Waals surface area contributed by atoms with Gasteiger partial charge in [-0.3, -0.25) is 4.79 Å². The Morgan fingerprint density at radius 2 is 1.57 bits per heavy atom. The van der Waals surface area contributed by atoms with Crippen molar-refractivity contribution in [2.75, 3.05) is 24.3 Å². The van der Waals surface area contributed by atoms with Gasteiger partial charge in [0.05, 0.1) is 22.5 Å². The van der Waals surface area contributed by atoms with Crippen molar-refractivity contribution in [3.8, 4) is 0 Å². The van der Waals surface area contributed by atoms with Crippen LogP contribution in [-0.2, 0) is 11.0 Å². The minimum absolute atomic E-state index is 0.354.